The van der Waals surface area contributed by atoms with Gasteiger partial charge in [-0.25, -0.2) is 0 Å². The summed E-state index contributed by atoms with van der Waals surface area (Å²) in [6.07, 6.45) is 6.53. The van der Waals surface area contributed by atoms with E-state index in [1.54, 1.807) is 0 Å². The molecule has 1 fully saturated rings. The molecule has 1 saturated heterocycles. The first-order valence-corrected chi connectivity index (χ1v) is 24.7. The van der Waals surface area contributed by atoms with E-state index in [1.807, 2.05) is 0 Å². The molecule has 5 heteroatoms. The fourth-order valence-electron chi connectivity index (χ4n) is 7.07. The van der Waals surface area contributed by atoms with Crippen molar-refractivity contribution in [1.82, 2.24) is 0 Å². The van der Waals surface area contributed by atoms with Crippen LogP contribution in [-0.4, -0.2) is 30.6 Å². The second-order valence-corrected chi connectivity index (χ2v) is 43.2. The van der Waals surface area contributed by atoms with E-state index < -0.39 is 30.6 Å². The molecule has 0 spiro atoms. The Bertz CT molecular complexity index is 679. The minimum absolute atomic E-state index is 0.00704. The summed E-state index contributed by atoms with van der Waals surface area (Å²) < 4.78 is 7.49. The van der Waals surface area contributed by atoms with Gasteiger partial charge < -0.3 is 4.43 Å². The zero-order valence-electron chi connectivity index (χ0n) is 18.3. The highest BCUT2D eigenvalue weighted by Crippen LogP contribution is 2.67. The van der Waals surface area contributed by atoms with E-state index in [2.05, 4.69) is 101 Å². The van der Waals surface area contributed by atoms with Gasteiger partial charge in [-0.05, 0) is 37.2 Å². The van der Waals surface area contributed by atoms with E-state index in [0.717, 1.165) is 5.54 Å². The van der Waals surface area contributed by atoms with Crippen molar-refractivity contribution in [2.75, 3.05) is 0 Å². The van der Waals surface area contributed by atoms with Crippen LogP contribution in [0, 0.1) is 5.92 Å². The van der Waals surface area contributed by atoms with Gasteiger partial charge in [-0.15, -0.1) is 0 Å². The molecule has 0 amide bonds. The van der Waals surface area contributed by atoms with Crippen molar-refractivity contribution in [2.24, 2.45) is 5.92 Å². The van der Waals surface area contributed by atoms with E-state index >= 15 is 0 Å². The average molecular weight is 419 g/mol. The lowest BCUT2D eigenvalue weighted by Crippen LogP contribution is -2.83. The van der Waals surface area contributed by atoms with Gasteiger partial charge in [-0.1, -0.05) is 81.8 Å². The molecule has 1 aromatic rings. The topological polar surface area (TPSA) is 9.23 Å². The molecule has 1 aliphatic heterocycles. The molecule has 0 saturated carbocycles. The maximum absolute atomic E-state index is 7.49. The van der Waals surface area contributed by atoms with Crippen molar-refractivity contribution in [3.63, 3.8) is 0 Å². The normalized spacial score (nSPS) is 30.8. The molecule has 2 bridgehead atoms. The molecule has 1 aliphatic carbocycles. The molecule has 3 atom stereocenters. The van der Waals surface area contributed by atoms with Crippen LogP contribution in [0.3, 0.4) is 0 Å². The largest absolute Gasteiger partial charge is 0.411 e. The van der Waals surface area contributed by atoms with Crippen LogP contribution in [0.1, 0.15) is 12.0 Å². The lowest BCUT2D eigenvalue weighted by atomic mass is 9.95. The van der Waals surface area contributed by atoms with Crippen LogP contribution in [0.4, 0.5) is 0 Å². The van der Waals surface area contributed by atoms with Crippen molar-refractivity contribution in [3.05, 3.63) is 48.0 Å². The zero-order chi connectivity index (χ0) is 19.6. The molecular weight excluding hydrogens is 381 g/mol. The van der Waals surface area contributed by atoms with Crippen molar-refractivity contribution in [2.45, 2.75) is 76.1 Å². The van der Waals surface area contributed by atoms with E-state index in [4.69, 9.17) is 4.43 Å². The number of fused-ring (bicyclic) bond motifs is 2. The molecule has 1 aromatic carbocycles. The first-order chi connectivity index (χ1) is 11.8. The number of allylic oxidation sites excluding steroid dienone is 1. The Morgan fingerprint density at radius 2 is 1.38 bits per heavy atom. The van der Waals surface area contributed by atoms with Gasteiger partial charge in [-0.2, -0.15) is 0 Å². The molecule has 3 rings (SSSR count). The van der Waals surface area contributed by atoms with Crippen LogP contribution >= 0.6 is 0 Å². The molecule has 0 unspecified atom stereocenters. The average Bonchev–Trinajstić information content (AvgIpc) is 3.03. The van der Waals surface area contributed by atoms with Crippen LogP contribution in [0.2, 0.25) is 64.5 Å². The summed E-state index contributed by atoms with van der Waals surface area (Å²) in [5.74, 6) is 0.590. The third kappa shape index (κ3) is 2.69. The molecule has 2 aliphatic rings. The minimum atomic E-state index is -1.74. The Kier molecular flexibility index (Phi) is 4.85. The third-order valence-corrected chi connectivity index (χ3v) is 48.3. The molecule has 26 heavy (non-hydrogen) atoms. The van der Waals surface area contributed by atoms with Gasteiger partial charge >= 0.3 is 0 Å². The smallest absolute Gasteiger partial charge is 0.184 e. The molecule has 1 heterocycles. The van der Waals surface area contributed by atoms with Gasteiger partial charge in [0.25, 0.3) is 0 Å². The summed E-state index contributed by atoms with van der Waals surface area (Å²) in [5, 5.41) is 0.00704. The number of hydrogen-bond donors (Lipinski definition) is 0. The second kappa shape index (κ2) is 6.14. The van der Waals surface area contributed by atoms with Gasteiger partial charge in [0.05, 0.1) is 12.3 Å². The Labute approximate surface area is 165 Å². The molecule has 0 radical (unpaired) electrons. The van der Waals surface area contributed by atoms with Crippen LogP contribution in [0.15, 0.2) is 42.5 Å². The summed E-state index contributed by atoms with van der Waals surface area (Å²) in [7, 11) is -6.33. The maximum Gasteiger partial charge on any atom is 0.184 e. The number of rotatable bonds is 5. The fraction of sp³-hybridized carbons (Fsp3) is 0.619. The third-order valence-electron chi connectivity index (χ3n) is 6.78. The monoisotopic (exact) mass is 418 g/mol. The highest BCUT2D eigenvalue weighted by atomic mass is 29.6. The predicted molar refractivity (Wildman–Crippen MR) is 126 cm³/mol. The van der Waals surface area contributed by atoms with Gasteiger partial charge in [0, 0.05) is 21.1 Å². The Morgan fingerprint density at radius 3 is 1.85 bits per heavy atom. The first-order valence-electron chi connectivity index (χ1n) is 10.2. The lowest BCUT2D eigenvalue weighted by molar-refractivity contribution is 0.105. The lowest BCUT2D eigenvalue weighted by Gasteiger charge is -2.63. The molecule has 144 valence electrons. The van der Waals surface area contributed by atoms with Gasteiger partial charge in [0.15, 0.2) is 8.32 Å². The van der Waals surface area contributed by atoms with Gasteiger partial charge in [0.1, 0.15) is 0 Å². The van der Waals surface area contributed by atoms with Crippen LogP contribution in [0.5, 0.6) is 0 Å². The Morgan fingerprint density at radius 1 is 0.846 bits per heavy atom. The quantitative estimate of drug-likeness (QED) is 0.391. The van der Waals surface area contributed by atoms with E-state index in [-0.39, 0.29) is 5.22 Å². The minimum Gasteiger partial charge on any atom is -0.411 e. The van der Waals surface area contributed by atoms with Crippen molar-refractivity contribution in [1.29, 1.82) is 0 Å². The van der Waals surface area contributed by atoms with Crippen LogP contribution in [-0.2, 0) is 9.65 Å². The summed E-state index contributed by atoms with van der Waals surface area (Å²) in [6, 6.07) is 11.5. The Balaban J connectivity index is 2.42. The molecule has 1 nitrogen and oxygen atoms in total. The first kappa shape index (κ1) is 20.5. The molecule has 0 N–H and O–H groups in total. The van der Waals surface area contributed by atoms with Crippen molar-refractivity contribution >= 4 is 30.6 Å². The SMILES string of the molecule is C[Si](C)(C)O[C@@]1(c2ccccc2)[C@@H]2C=C[C@@H](C2)[Si]1([Si](C)(C)C)[Si](C)(C)C. The summed E-state index contributed by atoms with van der Waals surface area (Å²) in [6.45, 7) is 23.3. The number of hydrogen-bond acceptors (Lipinski definition) is 1. The fourth-order valence-corrected chi connectivity index (χ4v) is 64.1. The van der Waals surface area contributed by atoms with Crippen LogP contribution in [0.25, 0.3) is 0 Å². The second-order valence-electron chi connectivity index (χ2n) is 11.5. The van der Waals surface area contributed by atoms with E-state index in [9.17, 15) is 0 Å². The van der Waals surface area contributed by atoms with E-state index in [1.165, 1.54) is 12.0 Å². The standard InChI is InChI=1S/C21H38OSi4/c1-23(2,3)22-21(18-13-11-10-12-14-18)19-15-16-20(17-19)26(21,24(4,5)6)25(7,8)9/h10-16,19-20H,17H2,1-9H3/t19-,20+,21-/m1/s1. The van der Waals surface area contributed by atoms with E-state index in [0.29, 0.717) is 5.92 Å². The summed E-state index contributed by atoms with van der Waals surface area (Å²) in [4.78, 5) is 0. The van der Waals surface area contributed by atoms with Gasteiger partial charge in [0.2, 0.25) is 0 Å². The maximum atomic E-state index is 7.49. The summed E-state index contributed by atoms with van der Waals surface area (Å²) in [5.41, 5.74) is 2.33. The van der Waals surface area contributed by atoms with Crippen LogP contribution < -0.4 is 0 Å². The Hall–Kier alpha value is -0.212. The number of benzene rings is 1. The highest BCUT2D eigenvalue weighted by Gasteiger charge is 2.77. The van der Waals surface area contributed by atoms with Gasteiger partial charge in [-0.3, -0.25) is 0 Å². The zero-order valence-corrected chi connectivity index (χ0v) is 22.3. The van der Waals surface area contributed by atoms with Crippen molar-refractivity contribution < 1.29 is 4.43 Å². The summed E-state index contributed by atoms with van der Waals surface area (Å²) >= 11 is 0. The van der Waals surface area contributed by atoms with Crippen molar-refractivity contribution in [3.8, 4) is 0 Å². The molecular formula is C21H38OSi4. The molecule has 0 aromatic heterocycles. The highest BCUT2D eigenvalue weighted by molar-refractivity contribution is 7.70. The predicted octanol–water partition coefficient (Wildman–Crippen LogP) is 6.51.